The van der Waals surface area contributed by atoms with E-state index in [9.17, 15) is 19.6 Å². The molecule has 2 N–H and O–H groups in total. The van der Waals surface area contributed by atoms with Crippen molar-refractivity contribution >= 4 is 40.5 Å². The Bertz CT molecular complexity index is 2880. The Labute approximate surface area is 365 Å². The minimum atomic E-state index is -0.520. The van der Waals surface area contributed by atoms with Crippen LogP contribution in [-0.4, -0.2) is 84.8 Å². The van der Waals surface area contributed by atoms with Crippen molar-refractivity contribution in [3.05, 3.63) is 155 Å². The van der Waals surface area contributed by atoms with Crippen molar-refractivity contribution < 1.29 is 33.3 Å². The number of carbonyl (C=O) groups is 3. The van der Waals surface area contributed by atoms with Gasteiger partial charge in [-0.2, -0.15) is 5.26 Å². The average molecular weight is 841 g/mol. The first-order valence-electron chi connectivity index (χ1n) is 19.7. The second-order valence-electron chi connectivity index (χ2n) is 14.5. The second-order valence-corrected chi connectivity index (χ2v) is 14.5. The molecule has 0 atom stereocenters. The van der Waals surface area contributed by atoms with Crippen LogP contribution < -0.4 is 34.5 Å². The number of methoxy groups -OCH3 is 4. The quantitative estimate of drug-likeness (QED) is 0.158. The van der Waals surface area contributed by atoms with Gasteiger partial charge in [0, 0.05) is 41.9 Å². The van der Waals surface area contributed by atoms with Gasteiger partial charge in [0.05, 0.1) is 62.9 Å². The standard InChI is InChI=1S/C25H23N3O4.C25H21N3O3/c1-28-20-9-7-15(16-8-10-21(31-2)22(13-16)32-3)12-19(20)24(27-14-23(28)29)17-5-4-6-18(11-17)25(26)30;1-28-21-9-7-17(18-8-10-22(30-2)23(13-18)31-3)12-20(21)25(27-15-24(28)29)19-6-4-5-16(11-19)14-26/h4-13H,14H2,1-3H3,(H2,26,30);4-13H,15H2,1-3H3. The van der Waals surface area contributed by atoms with Crippen LogP contribution in [0.4, 0.5) is 11.4 Å². The van der Waals surface area contributed by atoms with Gasteiger partial charge in [-0.1, -0.05) is 48.5 Å². The fourth-order valence-electron chi connectivity index (χ4n) is 7.42. The molecule has 3 amide bonds. The summed E-state index contributed by atoms with van der Waals surface area (Å²) >= 11 is 0. The van der Waals surface area contributed by atoms with Gasteiger partial charge in [0.2, 0.25) is 17.7 Å². The van der Waals surface area contributed by atoms with Gasteiger partial charge in [-0.15, -0.1) is 0 Å². The molecule has 0 aliphatic carbocycles. The molecule has 2 heterocycles. The van der Waals surface area contributed by atoms with E-state index < -0.39 is 5.91 Å². The zero-order chi connectivity index (χ0) is 44.8. The Kier molecular flexibility index (Phi) is 12.6. The van der Waals surface area contributed by atoms with Crippen LogP contribution >= 0.6 is 0 Å². The number of fused-ring (bicyclic) bond motifs is 2. The molecule has 8 rings (SSSR count). The Balaban J connectivity index is 0.000000189. The number of nitrogens with two attached hydrogens (primary N) is 1. The summed E-state index contributed by atoms with van der Waals surface area (Å²) in [6.45, 7) is 0.0516. The predicted octanol–water partition coefficient (Wildman–Crippen LogP) is 7.34. The largest absolute Gasteiger partial charge is 0.493 e. The molecule has 6 aromatic rings. The third kappa shape index (κ3) is 8.82. The van der Waals surface area contributed by atoms with Crippen LogP contribution in [0.1, 0.15) is 38.2 Å². The molecule has 13 nitrogen and oxygen atoms in total. The van der Waals surface area contributed by atoms with Crippen LogP contribution in [0, 0.1) is 11.3 Å². The van der Waals surface area contributed by atoms with Gasteiger partial charge in [0.15, 0.2) is 23.0 Å². The number of primary amides is 1. The summed E-state index contributed by atoms with van der Waals surface area (Å²) < 4.78 is 21.6. The highest BCUT2D eigenvalue weighted by Crippen LogP contribution is 2.37. The Morgan fingerprint density at radius 2 is 0.984 bits per heavy atom. The summed E-state index contributed by atoms with van der Waals surface area (Å²) in [4.78, 5) is 49.2. The van der Waals surface area contributed by atoms with E-state index in [1.165, 1.54) is 0 Å². The lowest BCUT2D eigenvalue weighted by atomic mass is 9.94. The number of likely N-dealkylation sites (N-methyl/N-ethyl adjacent to an activating group) is 2. The van der Waals surface area contributed by atoms with E-state index in [4.69, 9.17) is 24.7 Å². The van der Waals surface area contributed by atoms with Crippen molar-refractivity contribution in [2.24, 2.45) is 15.7 Å². The third-order valence-corrected chi connectivity index (χ3v) is 10.8. The van der Waals surface area contributed by atoms with Crippen LogP contribution in [-0.2, 0) is 9.59 Å². The van der Waals surface area contributed by atoms with E-state index in [2.05, 4.69) is 16.1 Å². The molecule has 0 fully saturated rings. The zero-order valence-corrected chi connectivity index (χ0v) is 35.6. The second kappa shape index (κ2) is 18.6. The van der Waals surface area contributed by atoms with Crippen molar-refractivity contribution in [2.45, 2.75) is 0 Å². The van der Waals surface area contributed by atoms with Crippen LogP contribution in [0.15, 0.2) is 131 Å². The van der Waals surface area contributed by atoms with Crippen LogP contribution in [0.3, 0.4) is 0 Å². The van der Waals surface area contributed by atoms with Crippen molar-refractivity contribution in [3.63, 3.8) is 0 Å². The Morgan fingerprint density at radius 1 is 0.556 bits per heavy atom. The van der Waals surface area contributed by atoms with Crippen molar-refractivity contribution in [1.82, 2.24) is 0 Å². The maximum Gasteiger partial charge on any atom is 0.248 e. The predicted molar refractivity (Wildman–Crippen MR) is 244 cm³/mol. The van der Waals surface area contributed by atoms with Gasteiger partial charge >= 0.3 is 0 Å². The molecular formula is C50H44N6O7. The number of hydrogen-bond acceptors (Lipinski definition) is 10. The van der Waals surface area contributed by atoms with Crippen LogP contribution in [0.2, 0.25) is 0 Å². The zero-order valence-electron chi connectivity index (χ0n) is 35.6. The summed E-state index contributed by atoms with van der Waals surface area (Å²) in [6.07, 6.45) is 0. The molecule has 6 aromatic carbocycles. The maximum absolute atomic E-state index is 12.6. The van der Waals surface area contributed by atoms with Crippen LogP contribution in [0.5, 0.6) is 23.0 Å². The highest BCUT2D eigenvalue weighted by atomic mass is 16.5. The number of benzodiazepines with no additional fused rings is 2. The molecule has 316 valence electrons. The minimum absolute atomic E-state index is 0.00695. The molecule has 2 aliphatic heterocycles. The first-order valence-corrected chi connectivity index (χ1v) is 19.7. The summed E-state index contributed by atoms with van der Waals surface area (Å²) in [5, 5.41) is 9.31. The van der Waals surface area contributed by atoms with Gasteiger partial charge in [-0.25, -0.2) is 0 Å². The van der Waals surface area contributed by atoms with Gasteiger partial charge in [0.1, 0.15) is 13.1 Å². The molecular weight excluding hydrogens is 797 g/mol. The van der Waals surface area contributed by atoms with Gasteiger partial charge in [-0.3, -0.25) is 24.4 Å². The number of hydrogen-bond donors (Lipinski definition) is 1. The Morgan fingerprint density at radius 3 is 1.43 bits per heavy atom. The number of amides is 3. The minimum Gasteiger partial charge on any atom is -0.493 e. The number of anilines is 2. The van der Waals surface area contributed by atoms with Crippen molar-refractivity contribution in [1.29, 1.82) is 5.26 Å². The summed E-state index contributed by atoms with van der Waals surface area (Å²) in [6, 6.07) is 39.6. The first kappa shape index (κ1) is 42.9. The molecule has 63 heavy (non-hydrogen) atoms. The van der Waals surface area contributed by atoms with E-state index in [1.54, 1.807) is 82.7 Å². The normalized spacial score (nSPS) is 13.1. The summed E-state index contributed by atoms with van der Waals surface area (Å²) in [5.41, 5.74) is 16.1. The molecule has 0 spiro atoms. The lowest BCUT2D eigenvalue weighted by Gasteiger charge is -2.19. The van der Waals surface area contributed by atoms with Gasteiger partial charge < -0.3 is 34.5 Å². The highest BCUT2D eigenvalue weighted by molar-refractivity contribution is 6.21. The molecule has 0 unspecified atom stereocenters. The molecule has 0 radical (unpaired) electrons. The SMILES string of the molecule is COc1ccc(-c2ccc3c(c2)C(c2cccc(C#N)c2)=NCC(=O)N3C)cc1OC.COc1ccc(-c2ccc3c(c2)C(c2cccc(C(N)=O)c2)=NCC(=O)N3C)cc1OC. The van der Waals surface area contributed by atoms with Crippen LogP contribution in [0.25, 0.3) is 22.3 Å². The van der Waals surface area contributed by atoms with E-state index in [1.807, 2.05) is 91.0 Å². The number of nitrogens with zero attached hydrogens (tertiary/aromatic N) is 5. The molecule has 0 saturated heterocycles. The molecule has 2 aliphatic rings. The lowest BCUT2D eigenvalue weighted by Crippen LogP contribution is -2.27. The fraction of sp³-hybridized carbons (Fsp3) is 0.160. The highest BCUT2D eigenvalue weighted by Gasteiger charge is 2.25. The third-order valence-electron chi connectivity index (χ3n) is 10.8. The summed E-state index contributed by atoms with van der Waals surface area (Å²) in [5.74, 6) is 1.82. The first-order chi connectivity index (χ1) is 30.5. The van der Waals surface area contributed by atoms with Crippen molar-refractivity contribution in [3.8, 4) is 51.3 Å². The van der Waals surface area contributed by atoms with E-state index in [0.29, 0.717) is 45.5 Å². The van der Waals surface area contributed by atoms with E-state index >= 15 is 0 Å². The number of nitriles is 1. The Hall–Kier alpha value is -8.24. The average Bonchev–Trinajstić information content (AvgIpc) is 3.53. The monoisotopic (exact) mass is 840 g/mol. The molecule has 0 aromatic heterocycles. The maximum atomic E-state index is 12.6. The van der Waals surface area contributed by atoms with E-state index in [-0.39, 0.29) is 24.9 Å². The smallest absolute Gasteiger partial charge is 0.248 e. The lowest BCUT2D eigenvalue weighted by molar-refractivity contribution is -0.117. The molecule has 13 heteroatoms. The fourth-order valence-corrected chi connectivity index (χ4v) is 7.42. The number of carbonyl (C=O) groups excluding carboxylic acids is 3. The summed E-state index contributed by atoms with van der Waals surface area (Å²) in [7, 11) is 9.87. The van der Waals surface area contributed by atoms with Gasteiger partial charge in [0.25, 0.3) is 0 Å². The topological polar surface area (TPSA) is 169 Å². The number of ether oxygens (including phenoxy) is 4. The molecule has 0 saturated carbocycles. The van der Waals surface area contributed by atoms with Crippen molar-refractivity contribution in [2.75, 3.05) is 65.4 Å². The molecule has 0 bridgehead atoms. The number of aliphatic imine (C=N–C) groups is 2. The number of benzene rings is 6. The van der Waals surface area contributed by atoms with E-state index in [0.717, 1.165) is 55.9 Å². The van der Waals surface area contributed by atoms with Gasteiger partial charge in [-0.05, 0) is 95.1 Å². The number of rotatable bonds is 9.